The second kappa shape index (κ2) is 4.64. The summed E-state index contributed by atoms with van der Waals surface area (Å²) in [4.78, 5) is 7.25. The number of hydrogen-bond acceptors (Lipinski definition) is 2. The standard InChI is InChI=1S/C18H16N2/c1-2-6-14(7-3-1)13-20-11-10-16-12-15-8-4-5-9-17(15)19-18(16)20/h1-9,12H,10-11,13H2. The Bertz CT molecular complexity index is 750. The fraction of sp³-hybridized carbons (Fsp3) is 0.167. The van der Waals surface area contributed by atoms with E-state index in [4.69, 9.17) is 4.98 Å². The van der Waals surface area contributed by atoms with Gasteiger partial charge in [-0.1, -0.05) is 48.5 Å². The van der Waals surface area contributed by atoms with Crippen LogP contribution in [0.5, 0.6) is 0 Å². The normalized spacial score (nSPS) is 13.7. The summed E-state index contributed by atoms with van der Waals surface area (Å²) in [6.07, 6.45) is 1.10. The molecule has 0 N–H and O–H groups in total. The average Bonchev–Trinajstić information content (AvgIpc) is 2.88. The van der Waals surface area contributed by atoms with Gasteiger partial charge >= 0.3 is 0 Å². The summed E-state index contributed by atoms with van der Waals surface area (Å²) in [7, 11) is 0. The summed E-state index contributed by atoms with van der Waals surface area (Å²) in [5, 5.41) is 1.24. The van der Waals surface area contributed by atoms with Gasteiger partial charge in [0.1, 0.15) is 5.82 Å². The van der Waals surface area contributed by atoms with Gasteiger partial charge in [-0.25, -0.2) is 4.98 Å². The van der Waals surface area contributed by atoms with Crippen LogP contribution in [0.3, 0.4) is 0 Å². The molecule has 1 aliphatic heterocycles. The number of pyridine rings is 1. The Balaban J connectivity index is 1.72. The quantitative estimate of drug-likeness (QED) is 0.696. The predicted octanol–water partition coefficient (Wildman–Crippen LogP) is 3.80. The SMILES string of the molecule is c1ccc(CN2CCc3cc4ccccc4nc32)cc1. The van der Waals surface area contributed by atoms with Crippen molar-refractivity contribution in [3.63, 3.8) is 0 Å². The lowest BCUT2D eigenvalue weighted by atomic mass is 10.1. The molecular formula is C18H16N2. The molecule has 0 saturated carbocycles. The van der Waals surface area contributed by atoms with Gasteiger partial charge in [0.15, 0.2) is 0 Å². The number of para-hydroxylation sites is 1. The van der Waals surface area contributed by atoms with E-state index in [1.165, 1.54) is 16.5 Å². The van der Waals surface area contributed by atoms with Gasteiger partial charge in [0.2, 0.25) is 0 Å². The molecule has 0 amide bonds. The van der Waals surface area contributed by atoms with Crippen molar-refractivity contribution in [2.75, 3.05) is 11.4 Å². The molecule has 0 unspecified atom stereocenters. The van der Waals surface area contributed by atoms with Crippen molar-refractivity contribution in [1.82, 2.24) is 4.98 Å². The summed E-state index contributed by atoms with van der Waals surface area (Å²) in [5.74, 6) is 1.16. The lowest BCUT2D eigenvalue weighted by molar-refractivity contribution is 0.827. The molecular weight excluding hydrogens is 244 g/mol. The molecule has 3 aromatic rings. The second-order valence-electron chi connectivity index (χ2n) is 5.32. The summed E-state index contributed by atoms with van der Waals surface area (Å²) >= 11 is 0. The highest BCUT2D eigenvalue weighted by atomic mass is 15.2. The number of aromatic nitrogens is 1. The lowest BCUT2D eigenvalue weighted by Crippen LogP contribution is -2.20. The fourth-order valence-corrected chi connectivity index (χ4v) is 2.93. The molecule has 2 aromatic carbocycles. The van der Waals surface area contributed by atoms with Crippen LogP contribution in [0.2, 0.25) is 0 Å². The fourth-order valence-electron chi connectivity index (χ4n) is 2.93. The van der Waals surface area contributed by atoms with Crippen molar-refractivity contribution >= 4 is 16.7 Å². The van der Waals surface area contributed by atoms with Crippen molar-refractivity contribution in [2.45, 2.75) is 13.0 Å². The van der Waals surface area contributed by atoms with Crippen molar-refractivity contribution in [1.29, 1.82) is 0 Å². The van der Waals surface area contributed by atoms with E-state index < -0.39 is 0 Å². The molecule has 1 aromatic heterocycles. The molecule has 2 heterocycles. The molecule has 0 radical (unpaired) electrons. The highest BCUT2D eigenvalue weighted by molar-refractivity contribution is 5.82. The maximum atomic E-state index is 4.86. The number of anilines is 1. The minimum Gasteiger partial charge on any atom is -0.352 e. The van der Waals surface area contributed by atoms with E-state index in [2.05, 4.69) is 65.6 Å². The molecule has 0 spiro atoms. The van der Waals surface area contributed by atoms with E-state index in [1.54, 1.807) is 0 Å². The van der Waals surface area contributed by atoms with E-state index in [1.807, 2.05) is 0 Å². The topological polar surface area (TPSA) is 16.1 Å². The van der Waals surface area contributed by atoms with Crippen LogP contribution in [0, 0.1) is 0 Å². The molecule has 0 saturated heterocycles. The lowest BCUT2D eigenvalue weighted by Gasteiger charge is -2.18. The Labute approximate surface area is 118 Å². The second-order valence-corrected chi connectivity index (χ2v) is 5.32. The molecule has 98 valence electrons. The van der Waals surface area contributed by atoms with E-state index in [0.717, 1.165) is 30.8 Å². The van der Waals surface area contributed by atoms with E-state index in [-0.39, 0.29) is 0 Å². The third kappa shape index (κ3) is 1.94. The Hall–Kier alpha value is -2.35. The van der Waals surface area contributed by atoms with Crippen molar-refractivity contribution in [2.24, 2.45) is 0 Å². The molecule has 0 atom stereocenters. The highest BCUT2D eigenvalue weighted by Gasteiger charge is 2.21. The van der Waals surface area contributed by atoms with Crippen LogP contribution in [0.15, 0.2) is 60.7 Å². The first-order valence-electron chi connectivity index (χ1n) is 7.08. The summed E-state index contributed by atoms with van der Waals surface area (Å²) in [6, 6.07) is 21.3. The summed E-state index contributed by atoms with van der Waals surface area (Å²) in [5.41, 5.74) is 3.81. The largest absolute Gasteiger partial charge is 0.352 e. The number of nitrogens with zero attached hydrogens (tertiary/aromatic N) is 2. The van der Waals surface area contributed by atoms with Gasteiger partial charge in [-0.3, -0.25) is 0 Å². The highest BCUT2D eigenvalue weighted by Crippen LogP contribution is 2.30. The van der Waals surface area contributed by atoms with Gasteiger partial charge in [-0.05, 0) is 29.7 Å². The zero-order valence-corrected chi connectivity index (χ0v) is 11.3. The molecule has 4 rings (SSSR count). The Kier molecular flexibility index (Phi) is 2.66. The monoisotopic (exact) mass is 260 g/mol. The van der Waals surface area contributed by atoms with Crippen LogP contribution in [0.25, 0.3) is 10.9 Å². The van der Waals surface area contributed by atoms with Crippen molar-refractivity contribution in [3.8, 4) is 0 Å². The summed E-state index contributed by atoms with van der Waals surface area (Å²) in [6.45, 7) is 2.01. The van der Waals surface area contributed by atoms with Gasteiger partial charge in [0.25, 0.3) is 0 Å². The van der Waals surface area contributed by atoms with Crippen molar-refractivity contribution < 1.29 is 0 Å². The number of rotatable bonds is 2. The third-order valence-electron chi connectivity index (χ3n) is 3.95. The van der Waals surface area contributed by atoms with Crippen LogP contribution in [0.4, 0.5) is 5.82 Å². The van der Waals surface area contributed by atoms with Gasteiger partial charge in [-0.15, -0.1) is 0 Å². The minimum atomic E-state index is 0.944. The predicted molar refractivity (Wildman–Crippen MR) is 82.9 cm³/mol. The van der Waals surface area contributed by atoms with Crippen molar-refractivity contribution in [3.05, 3.63) is 71.8 Å². The Morgan fingerprint density at radius 2 is 1.75 bits per heavy atom. The van der Waals surface area contributed by atoms with E-state index in [9.17, 15) is 0 Å². The third-order valence-corrected chi connectivity index (χ3v) is 3.95. The van der Waals surface area contributed by atoms with E-state index in [0.29, 0.717) is 0 Å². The number of benzene rings is 2. The molecule has 2 heteroatoms. The zero-order valence-electron chi connectivity index (χ0n) is 11.3. The first kappa shape index (κ1) is 11.5. The van der Waals surface area contributed by atoms with Gasteiger partial charge in [0.05, 0.1) is 5.52 Å². The molecule has 1 aliphatic rings. The summed E-state index contributed by atoms with van der Waals surface area (Å²) < 4.78 is 0. The van der Waals surface area contributed by atoms with Crippen LogP contribution < -0.4 is 4.90 Å². The van der Waals surface area contributed by atoms with E-state index >= 15 is 0 Å². The first-order valence-corrected chi connectivity index (χ1v) is 7.08. The maximum absolute atomic E-state index is 4.86. The van der Waals surface area contributed by atoms with Gasteiger partial charge in [0, 0.05) is 18.5 Å². The number of hydrogen-bond donors (Lipinski definition) is 0. The molecule has 0 aliphatic carbocycles. The molecule has 0 fully saturated rings. The van der Waals surface area contributed by atoms with Gasteiger partial charge in [-0.2, -0.15) is 0 Å². The maximum Gasteiger partial charge on any atom is 0.132 e. The van der Waals surface area contributed by atoms with Crippen LogP contribution in [-0.2, 0) is 13.0 Å². The Morgan fingerprint density at radius 3 is 2.65 bits per heavy atom. The first-order chi connectivity index (χ1) is 9.90. The number of fused-ring (bicyclic) bond motifs is 2. The minimum absolute atomic E-state index is 0.944. The Morgan fingerprint density at radius 1 is 0.950 bits per heavy atom. The zero-order chi connectivity index (χ0) is 13.4. The van der Waals surface area contributed by atoms with Crippen LogP contribution >= 0.6 is 0 Å². The molecule has 20 heavy (non-hydrogen) atoms. The average molecular weight is 260 g/mol. The van der Waals surface area contributed by atoms with Gasteiger partial charge < -0.3 is 4.90 Å². The van der Waals surface area contributed by atoms with Crippen LogP contribution in [-0.4, -0.2) is 11.5 Å². The molecule has 0 bridgehead atoms. The van der Waals surface area contributed by atoms with Crippen LogP contribution in [0.1, 0.15) is 11.1 Å². The smallest absolute Gasteiger partial charge is 0.132 e. The molecule has 2 nitrogen and oxygen atoms in total.